The van der Waals surface area contributed by atoms with Crippen molar-refractivity contribution in [2.24, 2.45) is 0 Å². The van der Waals surface area contributed by atoms with E-state index < -0.39 is 24.9 Å². The molecule has 0 fully saturated rings. The lowest BCUT2D eigenvalue weighted by Gasteiger charge is -2.21. The highest BCUT2D eigenvalue weighted by molar-refractivity contribution is 7.53. The van der Waals surface area contributed by atoms with Crippen molar-refractivity contribution in [1.82, 2.24) is 20.3 Å². The highest BCUT2D eigenvalue weighted by Gasteiger charge is 2.28. The number of fused-ring (bicyclic) bond motifs is 1. The first-order chi connectivity index (χ1) is 21.9. The van der Waals surface area contributed by atoms with Gasteiger partial charge in [-0.25, -0.2) is 4.79 Å². The SMILES string of the molecule is CCCCCCCCCCCCCCCCCCOCCCOP(=O)(CC(O)CNCc1c[nH]c2c(=O)[nH]c(=O)[nH]c12)OCC. The number of ether oxygens (including phenoxy) is 1. The van der Waals surface area contributed by atoms with E-state index in [9.17, 15) is 19.3 Å². The van der Waals surface area contributed by atoms with E-state index in [2.05, 4.69) is 27.2 Å². The van der Waals surface area contributed by atoms with Crippen molar-refractivity contribution < 1.29 is 23.5 Å². The molecule has 0 aliphatic rings. The van der Waals surface area contributed by atoms with Gasteiger partial charge in [0, 0.05) is 38.1 Å². The molecule has 0 saturated heterocycles. The molecule has 260 valence electrons. The van der Waals surface area contributed by atoms with E-state index in [1.807, 2.05) is 0 Å². The molecule has 0 aromatic carbocycles. The van der Waals surface area contributed by atoms with Crippen LogP contribution in [0.1, 0.15) is 129 Å². The minimum absolute atomic E-state index is 0.128. The lowest BCUT2D eigenvalue weighted by Crippen LogP contribution is -2.30. The second kappa shape index (κ2) is 24.4. The van der Waals surface area contributed by atoms with E-state index in [0.29, 0.717) is 24.1 Å². The molecule has 2 unspecified atom stereocenters. The minimum atomic E-state index is -3.47. The van der Waals surface area contributed by atoms with E-state index in [1.165, 1.54) is 96.3 Å². The topological polar surface area (TPSA) is 159 Å². The van der Waals surface area contributed by atoms with Gasteiger partial charge in [0.05, 0.1) is 31.0 Å². The quantitative estimate of drug-likeness (QED) is 0.0448. The van der Waals surface area contributed by atoms with Crippen LogP contribution in [0.3, 0.4) is 0 Å². The van der Waals surface area contributed by atoms with Crippen molar-refractivity contribution in [3.63, 3.8) is 0 Å². The number of aromatic nitrogens is 3. The van der Waals surface area contributed by atoms with Gasteiger partial charge < -0.3 is 34.2 Å². The maximum atomic E-state index is 13.1. The number of hydrogen-bond donors (Lipinski definition) is 5. The molecule has 2 aromatic heterocycles. The van der Waals surface area contributed by atoms with Crippen LogP contribution in [-0.2, 0) is 24.9 Å². The van der Waals surface area contributed by atoms with Gasteiger partial charge in [0.2, 0.25) is 0 Å². The Kier molecular flexibility index (Phi) is 21.4. The maximum Gasteiger partial charge on any atom is 0.333 e. The highest BCUT2D eigenvalue weighted by atomic mass is 31.2. The van der Waals surface area contributed by atoms with Gasteiger partial charge in [0.15, 0.2) is 0 Å². The predicted octanol–water partition coefficient (Wildman–Crippen LogP) is 6.91. The Morgan fingerprint density at radius 1 is 0.756 bits per heavy atom. The summed E-state index contributed by atoms with van der Waals surface area (Å²) in [5.41, 5.74) is 0.264. The lowest BCUT2D eigenvalue weighted by molar-refractivity contribution is 0.109. The fourth-order valence-corrected chi connectivity index (χ4v) is 7.22. The fraction of sp³-hybridized carbons (Fsp3) is 0.818. The molecule has 0 bridgehead atoms. The molecular weight excluding hydrogens is 595 g/mol. The summed E-state index contributed by atoms with van der Waals surface area (Å²) in [6.45, 7) is 6.12. The molecule has 0 saturated carbocycles. The Hall–Kier alpha value is -1.75. The number of H-pyrrole nitrogens is 3. The van der Waals surface area contributed by atoms with Crippen molar-refractivity contribution in [3.05, 3.63) is 32.6 Å². The molecule has 5 N–H and O–H groups in total. The number of aromatic amines is 3. The van der Waals surface area contributed by atoms with Crippen LogP contribution in [0.2, 0.25) is 0 Å². The normalized spacial score (nSPS) is 13.8. The maximum absolute atomic E-state index is 13.1. The zero-order chi connectivity index (χ0) is 32.6. The molecule has 2 rings (SSSR count). The third-order valence-corrected chi connectivity index (χ3v) is 10.1. The first kappa shape index (κ1) is 39.4. The average molecular weight is 657 g/mol. The van der Waals surface area contributed by atoms with Crippen LogP contribution >= 0.6 is 7.60 Å². The van der Waals surface area contributed by atoms with Crippen LogP contribution in [-0.4, -0.2) is 65.3 Å². The number of unbranched alkanes of at least 4 members (excludes halogenated alkanes) is 15. The Morgan fingerprint density at radius 2 is 1.33 bits per heavy atom. The number of aliphatic hydroxyl groups excluding tert-OH is 1. The Labute approximate surface area is 269 Å². The zero-order valence-electron chi connectivity index (χ0n) is 28.0. The third kappa shape index (κ3) is 17.7. The summed E-state index contributed by atoms with van der Waals surface area (Å²) in [6, 6.07) is 0. The van der Waals surface area contributed by atoms with Crippen LogP contribution < -0.4 is 16.6 Å². The summed E-state index contributed by atoms with van der Waals surface area (Å²) in [4.78, 5) is 31.1. The molecule has 45 heavy (non-hydrogen) atoms. The molecule has 0 aliphatic heterocycles. The van der Waals surface area contributed by atoms with Crippen LogP contribution in [0.25, 0.3) is 11.0 Å². The fourth-order valence-electron chi connectivity index (χ4n) is 5.49. The smallest absolute Gasteiger partial charge is 0.333 e. The van der Waals surface area contributed by atoms with Crippen LogP contribution in [0, 0.1) is 0 Å². The van der Waals surface area contributed by atoms with Crippen LogP contribution in [0.4, 0.5) is 0 Å². The lowest BCUT2D eigenvalue weighted by atomic mass is 10.0. The predicted molar refractivity (Wildman–Crippen MR) is 182 cm³/mol. The monoisotopic (exact) mass is 656 g/mol. The zero-order valence-corrected chi connectivity index (χ0v) is 28.9. The van der Waals surface area contributed by atoms with Crippen molar-refractivity contribution in [2.45, 2.75) is 136 Å². The standard InChI is InChI=1S/C33H61N4O7P/c1-3-5-6-7-8-9-10-11-12-13-14-15-16-17-18-19-21-42-22-20-23-44-45(41,43-4-2)27-29(38)26-34-24-28-25-35-31-30(28)36-33(40)37-32(31)39/h25,29,34-35,38H,3-24,26-27H2,1-2H3,(H2,36,37,39,40). The van der Waals surface area contributed by atoms with Crippen molar-refractivity contribution in [1.29, 1.82) is 0 Å². The van der Waals surface area contributed by atoms with E-state index in [0.717, 1.165) is 13.0 Å². The first-order valence-corrected chi connectivity index (χ1v) is 19.3. The molecule has 2 heterocycles. The second-order valence-electron chi connectivity index (χ2n) is 12.1. The Morgan fingerprint density at radius 3 is 1.93 bits per heavy atom. The third-order valence-electron chi connectivity index (χ3n) is 7.97. The number of hydrogen-bond acceptors (Lipinski definition) is 8. The molecule has 2 atom stereocenters. The van der Waals surface area contributed by atoms with Crippen molar-refractivity contribution in [2.75, 3.05) is 39.1 Å². The van der Waals surface area contributed by atoms with Crippen LogP contribution in [0.15, 0.2) is 15.8 Å². The summed E-state index contributed by atoms with van der Waals surface area (Å²) in [6.07, 6.45) is 22.6. The molecule has 0 spiro atoms. The summed E-state index contributed by atoms with van der Waals surface area (Å²) < 4.78 is 29.8. The molecule has 0 aliphatic carbocycles. The van der Waals surface area contributed by atoms with Crippen molar-refractivity contribution in [3.8, 4) is 0 Å². The van der Waals surface area contributed by atoms with Gasteiger partial charge in [-0.1, -0.05) is 103 Å². The van der Waals surface area contributed by atoms with E-state index in [-0.39, 0.29) is 38.0 Å². The van der Waals surface area contributed by atoms with Gasteiger partial charge in [-0.15, -0.1) is 0 Å². The first-order valence-electron chi connectivity index (χ1n) is 17.6. The van der Waals surface area contributed by atoms with Gasteiger partial charge in [-0.05, 0) is 19.8 Å². The summed E-state index contributed by atoms with van der Waals surface area (Å²) in [5, 5.41) is 13.5. The van der Waals surface area contributed by atoms with Gasteiger partial charge in [-0.3, -0.25) is 14.3 Å². The van der Waals surface area contributed by atoms with E-state index in [1.54, 1.807) is 13.1 Å². The molecular formula is C33H61N4O7P. The largest absolute Gasteiger partial charge is 0.391 e. The Bertz CT molecular complexity index is 1180. The second-order valence-corrected chi connectivity index (χ2v) is 14.2. The molecule has 12 heteroatoms. The van der Waals surface area contributed by atoms with E-state index >= 15 is 0 Å². The van der Waals surface area contributed by atoms with Crippen LogP contribution in [0.5, 0.6) is 0 Å². The number of aliphatic hydroxyl groups is 1. The molecule has 2 aromatic rings. The van der Waals surface area contributed by atoms with E-state index in [4.69, 9.17) is 13.8 Å². The number of rotatable bonds is 30. The van der Waals surface area contributed by atoms with Gasteiger partial charge in [-0.2, -0.15) is 0 Å². The van der Waals surface area contributed by atoms with Crippen molar-refractivity contribution >= 4 is 18.6 Å². The number of nitrogens with one attached hydrogen (secondary N) is 4. The Balaban J connectivity index is 1.44. The highest BCUT2D eigenvalue weighted by Crippen LogP contribution is 2.48. The minimum Gasteiger partial charge on any atom is -0.391 e. The van der Waals surface area contributed by atoms with Gasteiger partial charge >= 0.3 is 13.3 Å². The van der Waals surface area contributed by atoms with Gasteiger partial charge in [0.25, 0.3) is 5.56 Å². The van der Waals surface area contributed by atoms with Gasteiger partial charge in [0.1, 0.15) is 5.52 Å². The summed E-state index contributed by atoms with van der Waals surface area (Å²) >= 11 is 0. The average Bonchev–Trinajstić information content (AvgIpc) is 3.41. The molecule has 0 amide bonds. The molecule has 0 radical (unpaired) electrons. The molecule has 11 nitrogen and oxygen atoms in total. The summed E-state index contributed by atoms with van der Waals surface area (Å²) in [5.74, 6) is 0. The summed E-state index contributed by atoms with van der Waals surface area (Å²) in [7, 11) is -3.47.